The first-order valence-corrected chi connectivity index (χ1v) is 11.3. The maximum atomic E-state index is 12.6. The highest BCUT2D eigenvalue weighted by atomic mass is 16.5. The molecule has 1 aliphatic heterocycles. The number of amides is 2. The van der Waals surface area contributed by atoms with Crippen molar-refractivity contribution in [2.45, 2.75) is 39.7 Å². The van der Waals surface area contributed by atoms with Crippen LogP contribution in [0.3, 0.4) is 0 Å². The molecule has 0 saturated heterocycles. The van der Waals surface area contributed by atoms with E-state index in [0.717, 1.165) is 42.1 Å². The summed E-state index contributed by atoms with van der Waals surface area (Å²) in [7, 11) is 0. The molecule has 2 aromatic rings. The highest BCUT2D eigenvalue weighted by Crippen LogP contribution is 2.29. The van der Waals surface area contributed by atoms with Gasteiger partial charge in [-0.1, -0.05) is 6.07 Å². The predicted octanol–water partition coefficient (Wildman–Crippen LogP) is 3.17. The van der Waals surface area contributed by atoms with Crippen LogP contribution >= 0.6 is 0 Å². The quantitative estimate of drug-likeness (QED) is 0.556. The predicted molar refractivity (Wildman–Crippen MR) is 126 cm³/mol. The smallest absolute Gasteiger partial charge is 0.251 e. The number of anilines is 1. The van der Waals surface area contributed by atoms with Crippen molar-refractivity contribution in [3.63, 3.8) is 0 Å². The van der Waals surface area contributed by atoms with E-state index in [1.807, 2.05) is 68.1 Å². The third kappa shape index (κ3) is 6.39. The molecule has 2 amide bonds. The molecule has 0 spiro atoms. The topological polar surface area (TPSA) is 79.9 Å². The molecule has 0 saturated carbocycles. The molecule has 1 heterocycles. The second-order valence-corrected chi connectivity index (χ2v) is 8.06. The Hall–Kier alpha value is -3.22. The fourth-order valence-electron chi connectivity index (χ4n) is 3.81. The fraction of sp³-hybridized carbons (Fsp3) is 0.440. The third-order valence-corrected chi connectivity index (χ3v) is 5.17. The Morgan fingerprint density at radius 3 is 2.47 bits per heavy atom. The lowest BCUT2D eigenvalue weighted by molar-refractivity contribution is -0.119. The molecule has 0 aliphatic carbocycles. The summed E-state index contributed by atoms with van der Waals surface area (Å²) in [6.07, 6.45) is 1.75. The molecule has 0 bridgehead atoms. The normalized spacial score (nSPS) is 12.8. The number of nitrogens with one attached hydrogen (secondary N) is 2. The van der Waals surface area contributed by atoms with Crippen LogP contribution in [0.4, 0.5) is 5.69 Å². The molecule has 7 heteroatoms. The van der Waals surface area contributed by atoms with Crippen LogP contribution in [0.5, 0.6) is 11.5 Å². The minimum Gasteiger partial charge on any atom is -0.494 e. The molecule has 32 heavy (non-hydrogen) atoms. The van der Waals surface area contributed by atoms with Crippen LogP contribution in [0.15, 0.2) is 42.5 Å². The van der Waals surface area contributed by atoms with Gasteiger partial charge in [0.25, 0.3) is 5.91 Å². The maximum Gasteiger partial charge on any atom is 0.251 e. The van der Waals surface area contributed by atoms with Crippen molar-refractivity contribution in [2.24, 2.45) is 0 Å². The molecule has 172 valence electrons. The van der Waals surface area contributed by atoms with Crippen molar-refractivity contribution in [3.8, 4) is 11.5 Å². The first-order valence-electron chi connectivity index (χ1n) is 11.3. The molecule has 3 rings (SSSR count). The minimum atomic E-state index is -0.0646. The van der Waals surface area contributed by atoms with Gasteiger partial charge in [0.2, 0.25) is 5.91 Å². The molecule has 1 aliphatic rings. The monoisotopic (exact) mass is 439 g/mol. The Bertz CT molecular complexity index is 912. The Morgan fingerprint density at radius 1 is 1.06 bits per heavy atom. The highest BCUT2D eigenvalue weighted by Gasteiger charge is 2.23. The van der Waals surface area contributed by atoms with Gasteiger partial charge in [0, 0.05) is 23.8 Å². The molecular formula is C25H33N3O4. The first-order chi connectivity index (χ1) is 15.5. The van der Waals surface area contributed by atoms with Gasteiger partial charge in [-0.05, 0) is 75.6 Å². The molecule has 0 atom stereocenters. The summed E-state index contributed by atoms with van der Waals surface area (Å²) in [6, 6.07) is 13.2. The lowest BCUT2D eigenvalue weighted by Crippen LogP contribution is -2.41. The number of benzene rings is 2. The molecule has 0 radical (unpaired) electrons. The van der Waals surface area contributed by atoms with Gasteiger partial charge < -0.3 is 25.0 Å². The number of hydrogen-bond donors (Lipinski definition) is 2. The van der Waals surface area contributed by atoms with E-state index in [0.29, 0.717) is 25.3 Å². The van der Waals surface area contributed by atoms with Gasteiger partial charge in [-0.2, -0.15) is 0 Å². The van der Waals surface area contributed by atoms with Gasteiger partial charge in [-0.25, -0.2) is 0 Å². The zero-order chi connectivity index (χ0) is 22.9. The summed E-state index contributed by atoms with van der Waals surface area (Å²) < 4.78 is 11.1. The number of carbonyl (C=O) groups excluding carboxylic acids is 2. The van der Waals surface area contributed by atoms with Gasteiger partial charge in [0.05, 0.1) is 19.7 Å². The number of rotatable bonds is 10. The summed E-state index contributed by atoms with van der Waals surface area (Å²) >= 11 is 0. The fourth-order valence-corrected chi connectivity index (χ4v) is 3.81. The van der Waals surface area contributed by atoms with Crippen LogP contribution in [0.2, 0.25) is 0 Å². The van der Waals surface area contributed by atoms with Crippen LogP contribution in [-0.4, -0.2) is 50.7 Å². The Balaban J connectivity index is 1.50. The van der Waals surface area contributed by atoms with E-state index in [2.05, 4.69) is 10.6 Å². The van der Waals surface area contributed by atoms with E-state index < -0.39 is 0 Å². The van der Waals surface area contributed by atoms with Crippen LogP contribution in [0.1, 0.15) is 43.1 Å². The van der Waals surface area contributed by atoms with Gasteiger partial charge in [0.15, 0.2) is 0 Å². The lowest BCUT2D eigenvalue weighted by Gasteiger charge is -2.32. The Kier molecular flexibility index (Phi) is 8.36. The largest absolute Gasteiger partial charge is 0.494 e. The van der Waals surface area contributed by atoms with Crippen LogP contribution in [0.25, 0.3) is 0 Å². The van der Waals surface area contributed by atoms with E-state index in [9.17, 15) is 9.59 Å². The van der Waals surface area contributed by atoms with Crippen molar-refractivity contribution < 1.29 is 19.1 Å². The van der Waals surface area contributed by atoms with Crippen LogP contribution in [0, 0.1) is 0 Å². The standard InChI is InChI=1S/C25H33N3O4/c1-4-31-19-10-12-20(13-11-19)32-16-14-26-24(29)17-28-15-6-8-21-22(7-5-9-23(21)28)25(30)27-18(2)3/h5,7,9-13,18H,4,6,8,14-17H2,1-3H3,(H,26,29)(H,27,30). The number of nitrogens with zero attached hydrogens (tertiary/aromatic N) is 1. The molecule has 0 aromatic heterocycles. The average Bonchev–Trinajstić information content (AvgIpc) is 2.77. The molecule has 2 N–H and O–H groups in total. The van der Waals surface area contributed by atoms with E-state index >= 15 is 0 Å². The van der Waals surface area contributed by atoms with E-state index in [1.165, 1.54) is 0 Å². The van der Waals surface area contributed by atoms with E-state index in [1.54, 1.807) is 0 Å². The molecule has 2 aromatic carbocycles. The number of fused-ring (bicyclic) bond motifs is 1. The van der Waals surface area contributed by atoms with Crippen LogP contribution in [-0.2, 0) is 11.2 Å². The number of carbonyl (C=O) groups is 2. The van der Waals surface area contributed by atoms with Crippen molar-refractivity contribution in [1.82, 2.24) is 10.6 Å². The Morgan fingerprint density at radius 2 is 1.78 bits per heavy atom. The average molecular weight is 440 g/mol. The summed E-state index contributed by atoms with van der Waals surface area (Å²) in [5.41, 5.74) is 2.68. The third-order valence-electron chi connectivity index (χ3n) is 5.17. The van der Waals surface area contributed by atoms with Gasteiger partial charge >= 0.3 is 0 Å². The Labute approximate surface area is 190 Å². The van der Waals surface area contributed by atoms with E-state index in [4.69, 9.17) is 9.47 Å². The molecule has 0 fully saturated rings. The zero-order valence-corrected chi connectivity index (χ0v) is 19.1. The molecule has 0 unspecified atom stereocenters. The van der Waals surface area contributed by atoms with Gasteiger partial charge in [-0.15, -0.1) is 0 Å². The van der Waals surface area contributed by atoms with Gasteiger partial charge in [-0.3, -0.25) is 9.59 Å². The molecular weight excluding hydrogens is 406 g/mol. The highest BCUT2D eigenvalue weighted by molar-refractivity contribution is 5.97. The summed E-state index contributed by atoms with van der Waals surface area (Å²) in [5.74, 6) is 1.42. The van der Waals surface area contributed by atoms with Crippen molar-refractivity contribution >= 4 is 17.5 Å². The second kappa shape index (κ2) is 11.4. The second-order valence-electron chi connectivity index (χ2n) is 8.06. The van der Waals surface area contributed by atoms with Crippen molar-refractivity contribution in [3.05, 3.63) is 53.6 Å². The van der Waals surface area contributed by atoms with Crippen molar-refractivity contribution in [1.29, 1.82) is 0 Å². The summed E-state index contributed by atoms with van der Waals surface area (Å²) in [6.45, 7) is 8.31. The lowest BCUT2D eigenvalue weighted by atomic mass is 9.95. The van der Waals surface area contributed by atoms with Gasteiger partial charge in [0.1, 0.15) is 18.1 Å². The summed E-state index contributed by atoms with van der Waals surface area (Å²) in [4.78, 5) is 27.1. The maximum absolute atomic E-state index is 12.6. The first kappa shape index (κ1) is 23.4. The number of hydrogen-bond acceptors (Lipinski definition) is 5. The SMILES string of the molecule is CCOc1ccc(OCCNC(=O)CN2CCCc3c(C(=O)NC(C)C)cccc32)cc1. The summed E-state index contributed by atoms with van der Waals surface area (Å²) in [5, 5.41) is 5.88. The van der Waals surface area contributed by atoms with Crippen LogP contribution < -0.4 is 25.0 Å². The zero-order valence-electron chi connectivity index (χ0n) is 19.1. The number of ether oxygens (including phenoxy) is 2. The minimum absolute atomic E-state index is 0.0606. The molecule has 7 nitrogen and oxygen atoms in total. The van der Waals surface area contributed by atoms with Crippen molar-refractivity contribution in [2.75, 3.05) is 37.7 Å². The van der Waals surface area contributed by atoms with E-state index in [-0.39, 0.29) is 24.4 Å².